The first kappa shape index (κ1) is 24.8. The Balaban J connectivity index is 2.89. The fourth-order valence-electron chi connectivity index (χ4n) is 3.40. The van der Waals surface area contributed by atoms with Crippen molar-refractivity contribution in [3.8, 4) is 11.5 Å². The van der Waals surface area contributed by atoms with Crippen molar-refractivity contribution in [1.82, 2.24) is 0 Å². The van der Waals surface area contributed by atoms with E-state index in [-0.39, 0.29) is 22.6 Å². The van der Waals surface area contributed by atoms with E-state index in [0.29, 0.717) is 18.4 Å². The number of aromatic carboxylic acids is 1. The summed E-state index contributed by atoms with van der Waals surface area (Å²) in [4.78, 5) is 11.8. The third-order valence-electron chi connectivity index (χ3n) is 5.23. The minimum absolute atomic E-state index is 0.0784. The van der Waals surface area contributed by atoms with Gasteiger partial charge in [-0.05, 0) is 64.5 Å². The number of phenolic OH excluding ortho intramolecular Hbond substituents is 2. The number of rotatable bonds is 13. The predicted molar refractivity (Wildman–Crippen MR) is 120 cm³/mol. The summed E-state index contributed by atoms with van der Waals surface area (Å²) in [7, 11) is 0. The number of unbranched alkanes of at least 4 members (excludes halogenated alkanes) is 5. The SMILES string of the molecule is CCCCCCCCc1cc(C(=O)O)c(C/C=C(\C)CCC=C(C)C)c(O)c1O. The molecule has 0 atom stereocenters. The molecule has 1 rings (SSSR count). The maximum absolute atomic E-state index is 11.8. The Labute approximate surface area is 176 Å². The first-order chi connectivity index (χ1) is 13.8. The Morgan fingerprint density at radius 3 is 2.24 bits per heavy atom. The lowest BCUT2D eigenvalue weighted by Gasteiger charge is -2.14. The van der Waals surface area contributed by atoms with Gasteiger partial charge in [0.05, 0.1) is 5.56 Å². The molecule has 0 spiro atoms. The number of carbonyl (C=O) groups is 1. The molecular formula is C25H38O4. The van der Waals surface area contributed by atoms with Crippen LogP contribution in [0.3, 0.4) is 0 Å². The molecule has 0 aliphatic heterocycles. The Morgan fingerprint density at radius 1 is 0.966 bits per heavy atom. The fraction of sp³-hybridized carbons (Fsp3) is 0.560. The number of aryl methyl sites for hydroxylation is 1. The predicted octanol–water partition coefficient (Wildman–Crippen LogP) is 6.93. The van der Waals surface area contributed by atoms with Gasteiger partial charge in [0.1, 0.15) is 0 Å². The highest BCUT2D eigenvalue weighted by Gasteiger charge is 2.20. The van der Waals surface area contributed by atoms with Gasteiger partial charge in [-0.3, -0.25) is 0 Å². The number of hydrogen-bond acceptors (Lipinski definition) is 3. The molecule has 29 heavy (non-hydrogen) atoms. The smallest absolute Gasteiger partial charge is 0.336 e. The van der Waals surface area contributed by atoms with Gasteiger partial charge in [-0.1, -0.05) is 62.3 Å². The van der Waals surface area contributed by atoms with E-state index in [4.69, 9.17) is 0 Å². The summed E-state index contributed by atoms with van der Waals surface area (Å²) in [6, 6.07) is 1.53. The maximum atomic E-state index is 11.8. The number of phenols is 2. The van der Waals surface area contributed by atoms with Gasteiger partial charge in [0, 0.05) is 5.56 Å². The van der Waals surface area contributed by atoms with Crippen molar-refractivity contribution in [2.45, 2.75) is 91.9 Å². The second kappa shape index (κ2) is 13.1. The molecule has 4 nitrogen and oxygen atoms in total. The summed E-state index contributed by atoms with van der Waals surface area (Å²) >= 11 is 0. The standard InChI is InChI=1S/C25H38O4/c1-5-6-7-8-9-10-14-20-17-22(25(28)29)21(24(27)23(20)26)16-15-19(4)13-11-12-18(2)3/h12,15,17,26-27H,5-11,13-14,16H2,1-4H3,(H,28,29)/b19-15+. The lowest BCUT2D eigenvalue weighted by molar-refractivity contribution is 0.0695. The molecule has 0 bridgehead atoms. The lowest BCUT2D eigenvalue weighted by atomic mass is 9.95. The van der Waals surface area contributed by atoms with E-state index in [1.165, 1.54) is 30.9 Å². The Kier molecular flexibility index (Phi) is 11.2. The van der Waals surface area contributed by atoms with Gasteiger partial charge in [-0.25, -0.2) is 4.79 Å². The fourth-order valence-corrected chi connectivity index (χ4v) is 3.40. The first-order valence-corrected chi connectivity index (χ1v) is 10.9. The summed E-state index contributed by atoms with van der Waals surface area (Å²) < 4.78 is 0. The Hall–Kier alpha value is -2.23. The number of benzene rings is 1. The molecule has 0 aromatic heterocycles. The van der Waals surface area contributed by atoms with Crippen molar-refractivity contribution in [2.24, 2.45) is 0 Å². The van der Waals surface area contributed by atoms with E-state index in [1.807, 2.05) is 13.0 Å². The highest BCUT2D eigenvalue weighted by Crippen LogP contribution is 2.37. The molecule has 0 aliphatic rings. The van der Waals surface area contributed by atoms with Crippen LogP contribution in [0.2, 0.25) is 0 Å². The Bertz CT molecular complexity index is 725. The minimum Gasteiger partial charge on any atom is -0.504 e. The molecular weight excluding hydrogens is 364 g/mol. The first-order valence-electron chi connectivity index (χ1n) is 10.9. The van der Waals surface area contributed by atoms with Crippen LogP contribution in [0.5, 0.6) is 11.5 Å². The molecule has 0 saturated heterocycles. The molecule has 0 unspecified atom stereocenters. The van der Waals surface area contributed by atoms with E-state index < -0.39 is 5.97 Å². The van der Waals surface area contributed by atoms with E-state index in [0.717, 1.165) is 37.7 Å². The van der Waals surface area contributed by atoms with Crippen LogP contribution in [0, 0.1) is 0 Å². The number of allylic oxidation sites excluding steroid dienone is 4. The normalized spacial score (nSPS) is 11.5. The topological polar surface area (TPSA) is 77.8 Å². The van der Waals surface area contributed by atoms with Crippen molar-refractivity contribution in [2.75, 3.05) is 0 Å². The van der Waals surface area contributed by atoms with Gasteiger partial charge >= 0.3 is 5.97 Å². The molecule has 0 fully saturated rings. The second-order valence-electron chi connectivity index (χ2n) is 8.16. The van der Waals surface area contributed by atoms with Crippen LogP contribution in [0.4, 0.5) is 0 Å². The van der Waals surface area contributed by atoms with Crippen molar-refractivity contribution in [3.05, 3.63) is 46.1 Å². The Morgan fingerprint density at radius 2 is 1.62 bits per heavy atom. The zero-order valence-corrected chi connectivity index (χ0v) is 18.6. The number of aromatic hydroxyl groups is 2. The highest BCUT2D eigenvalue weighted by molar-refractivity contribution is 5.91. The molecule has 3 N–H and O–H groups in total. The van der Waals surface area contributed by atoms with Crippen LogP contribution < -0.4 is 0 Å². The van der Waals surface area contributed by atoms with Gasteiger partial charge in [0.25, 0.3) is 0 Å². The van der Waals surface area contributed by atoms with Crippen LogP contribution in [0.25, 0.3) is 0 Å². The summed E-state index contributed by atoms with van der Waals surface area (Å²) in [5.41, 5.74) is 3.28. The van der Waals surface area contributed by atoms with Crippen molar-refractivity contribution in [1.29, 1.82) is 0 Å². The van der Waals surface area contributed by atoms with Crippen molar-refractivity contribution in [3.63, 3.8) is 0 Å². The molecule has 0 amide bonds. The largest absolute Gasteiger partial charge is 0.504 e. The average molecular weight is 403 g/mol. The molecule has 162 valence electrons. The molecule has 0 saturated carbocycles. The van der Waals surface area contributed by atoms with E-state index in [9.17, 15) is 20.1 Å². The summed E-state index contributed by atoms with van der Waals surface area (Å²) in [5, 5.41) is 30.5. The van der Waals surface area contributed by atoms with Crippen LogP contribution in [-0.2, 0) is 12.8 Å². The quantitative estimate of drug-likeness (QED) is 0.190. The zero-order chi connectivity index (χ0) is 21.8. The van der Waals surface area contributed by atoms with Crippen LogP contribution >= 0.6 is 0 Å². The van der Waals surface area contributed by atoms with E-state index in [1.54, 1.807) is 0 Å². The summed E-state index contributed by atoms with van der Waals surface area (Å²) in [6.07, 6.45) is 13.5. The zero-order valence-electron chi connectivity index (χ0n) is 18.6. The molecule has 0 aliphatic carbocycles. The van der Waals surface area contributed by atoms with E-state index in [2.05, 4.69) is 26.8 Å². The molecule has 1 aromatic carbocycles. The summed E-state index contributed by atoms with van der Waals surface area (Å²) in [6.45, 7) is 8.30. The molecule has 0 radical (unpaired) electrons. The number of hydrogen-bond donors (Lipinski definition) is 3. The van der Waals surface area contributed by atoms with Gasteiger partial charge in [-0.15, -0.1) is 0 Å². The van der Waals surface area contributed by atoms with Gasteiger partial charge in [0.15, 0.2) is 11.5 Å². The van der Waals surface area contributed by atoms with Gasteiger partial charge in [-0.2, -0.15) is 0 Å². The van der Waals surface area contributed by atoms with Crippen molar-refractivity contribution >= 4 is 5.97 Å². The number of carboxylic acid groups (broad SMARTS) is 1. The third-order valence-corrected chi connectivity index (χ3v) is 5.23. The lowest BCUT2D eigenvalue weighted by Crippen LogP contribution is -2.05. The molecule has 0 heterocycles. The highest BCUT2D eigenvalue weighted by atomic mass is 16.4. The van der Waals surface area contributed by atoms with Crippen molar-refractivity contribution < 1.29 is 20.1 Å². The average Bonchev–Trinajstić information content (AvgIpc) is 2.66. The monoisotopic (exact) mass is 402 g/mol. The molecule has 4 heteroatoms. The van der Waals surface area contributed by atoms with Crippen LogP contribution in [0.1, 0.15) is 101 Å². The number of carboxylic acids is 1. The van der Waals surface area contributed by atoms with Crippen LogP contribution in [0.15, 0.2) is 29.4 Å². The van der Waals surface area contributed by atoms with Crippen LogP contribution in [-0.4, -0.2) is 21.3 Å². The third kappa shape index (κ3) is 8.76. The minimum atomic E-state index is -1.07. The summed E-state index contributed by atoms with van der Waals surface area (Å²) in [5.74, 6) is -1.54. The molecule has 1 aromatic rings. The second-order valence-corrected chi connectivity index (χ2v) is 8.16. The van der Waals surface area contributed by atoms with Gasteiger partial charge in [0.2, 0.25) is 0 Å². The van der Waals surface area contributed by atoms with Gasteiger partial charge < -0.3 is 15.3 Å². The maximum Gasteiger partial charge on any atom is 0.336 e. The van der Waals surface area contributed by atoms with E-state index >= 15 is 0 Å².